The summed E-state index contributed by atoms with van der Waals surface area (Å²) in [6, 6.07) is 7.31. The topological polar surface area (TPSA) is 105 Å². The number of pyridine rings is 1. The van der Waals surface area contributed by atoms with Crippen LogP contribution in [0.15, 0.2) is 51.5 Å². The Hall–Kier alpha value is -2.82. The lowest BCUT2D eigenvalue weighted by Crippen LogP contribution is -2.43. The number of anilines is 1. The van der Waals surface area contributed by atoms with Crippen molar-refractivity contribution in [3.63, 3.8) is 0 Å². The van der Waals surface area contributed by atoms with E-state index >= 15 is 0 Å². The van der Waals surface area contributed by atoms with Crippen LogP contribution in [0, 0.1) is 12.8 Å². The molecule has 0 radical (unpaired) electrons. The van der Waals surface area contributed by atoms with Crippen LogP contribution in [0.2, 0.25) is 0 Å². The van der Waals surface area contributed by atoms with Crippen molar-refractivity contribution in [2.24, 2.45) is 5.92 Å². The number of nitrogens with one attached hydrogen (secondary N) is 1. The highest BCUT2D eigenvalue weighted by Crippen LogP contribution is 2.30. The average molecular weight is 459 g/mol. The number of piperidine rings is 1. The summed E-state index contributed by atoms with van der Waals surface area (Å²) in [7, 11) is -3.87. The molecule has 0 aromatic carbocycles. The molecule has 0 saturated carbocycles. The zero-order chi connectivity index (χ0) is 21.8. The molecule has 0 spiro atoms. The van der Waals surface area contributed by atoms with Gasteiger partial charge in [0.15, 0.2) is 10.7 Å². The van der Waals surface area contributed by atoms with Crippen molar-refractivity contribution >= 4 is 45.1 Å². The third-order valence-corrected chi connectivity index (χ3v) is 7.92. The first-order valence-electron chi connectivity index (χ1n) is 9.84. The molecule has 0 unspecified atom stereocenters. The number of carbonyl (C=O) groups excluding carboxylic acids is 1. The third-order valence-electron chi connectivity index (χ3n) is 5.06. The quantitative estimate of drug-likeness (QED) is 0.604. The zero-order valence-electron chi connectivity index (χ0n) is 16.9. The molecule has 1 saturated heterocycles. The van der Waals surface area contributed by atoms with Crippen LogP contribution in [0.25, 0.3) is 12.2 Å². The van der Waals surface area contributed by atoms with Crippen molar-refractivity contribution in [1.29, 1.82) is 0 Å². The lowest BCUT2D eigenvalue weighted by atomic mass is 9.99. The standard InChI is InChI=1S/C21H22N4O4S2/c1-15-20(19(29-24-15)9-8-18-7-4-12-30-18)31(27,28)25-11-3-5-16(14-25)21(26)23-17-6-2-10-22-13-17/h2,4,6-10,12-13,16H,3,5,11,14H2,1H3,(H,23,26)/b9-8+/t16-/m0/s1. The van der Waals surface area contributed by atoms with E-state index in [-0.39, 0.29) is 23.1 Å². The molecule has 0 bridgehead atoms. The van der Waals surface area contributed by atoms with Crippen LogP contribution in [-0.4, -0.2) is 41.9 Å². The van der Waals surface area contributed by atoms with Crippen LogP contribution in [0.3, 0.4) is 0 Å². The number of aryl methyl sites for hydroxylation is 1. The molecule has 4 heterocycles. The minimum Gasteiger partial charge on any atom is -0.355 e. The van der Waals surface area contributed by atoms with E-state index in [0.717, 1.165) is 4.88 Å². The van der Waals surface area contributed by atoms with Crippen LogP contribution in [-0.2, 0) is 14.8 Å². The summed E-state index contributed by atoms with van der Waals surface area (Å²) in [4.78, 5) is 17.7. The van der Waals surface area contributed by atoms with E-state index in [9.17, 15) is 13.2 Å². The molecule has 1 fully saturated rings. The highest BCUT2D eigenvalue weighted by Gasteiger charge is 2.36. The van der Waals surface area contributed by atoms with E-state index in [4.69, 9.17) is 4.52 Å². The fourth-order valence-corrected chi connectivity index (χ4v) is 5.92. The number of carbonyl (C=O) groups is 1. The summed E-state index contributed by atoms with van der Waals surface area (Å²) in [5.41, 5.74) is 0.885. The molecule has 162 valence electrons. The number of thiophene rings is 1. The lowest BCUT2D eigenvalue weighted by Gasteiger charge is -2.31. The highest BCUT2D eigenvalue weighted by atomic mass is 32.2. The monoisotopic (exact) mass is 458 g/mol. The second-order valence-electron chi connectivity index (χ2n) is 7.24. The highest BCUT2D eigenvalue weighted by molar-refractivity contribution is 7.89. The number of amides is 1. The van der Waals surface area contributed by atoms with Crippen molar-refractivity contribution in [2.45, 2.75) is 24.7 Å². The van der Waals surface area contributed by atoms with Gasteiger partial charge in [-0.25, -0.2) is 8.42 Å². The Labute approximate surface area is 184 Å². The van der Waals surface area contributed by atoms with Gasteiger partial charge in [-0.2, -0.15) is 4.31 Å². The second kappa shape index (κ2) is 9.13. The van der Waals surface area contributed by atoms with Crippen molar-refractivity contribution < 1.29 is 17.7 Å². The van der Waals surface area contributed by atoms with E-state index in [1.807, 2.05) is 17.5 Å². The Kier molecular flexibility index (Phi) is 6.30. The predicted octanol–water partition coefficient (Wildman–Crippen LogP) is 3.65. The Bertz CT molecular complexity index is 1170. The Morgan fingerprint density at radius 3 is 2.94 bits per heavy atom. The molecule has 31 heavy (non-hydrogen) atoms. The summed E-state index contributed by atoms with van der Waals surface area (Å²) in [6.07, 6.45) is 7.80. The third kappa shape index (κ3) is 4.76. The van der Waals surface area contributed by atoms with E-state index < -0.39 is 15.9 Å². The van der Waals surface area contributed by atoms with Gasteiger partial charge < -0.3 is 9.84 Å². The van der Waals surface area contributed by atoms with E-state index in [0.29, 0.717) is 30.8 Å². The first kappa shape index (κ1) is 21.4. The number of hydrogen-bond donors (Lipinski definition) is 1. The number of aromatic nitrogens is 2. The van der Waals surface area contributed by atoms with Crippen LogP contribution < -0.4 is 5.32 Å². The minimum atomic E-state index is -3.87. The van der Waals surface area contributed by atoms with Gasteiger partial charge in [0.2, 0.25) is 15.9 Å². The number of rotatable bonds is 6. The van der Waals surface area contributed by atoms with Crippen LogP contribution in [0.4, 0.5) is 5.69 Å². The summed E-state index contributed by atoms with van der Waals surface area (Å²) in [5.74, 6) is -0.477. The van der Waals surface area contributed by atoms with E-state index in [1.165, 1.54) is 15.6 Å². The van der Waals surface area contributed by atoms with Gasteiger partial charge in [0.25, 0.3) is 0 Å². The van der Waals surface area contributed by atoms with Crippen molar-refractivity contribution in [2.75, 3.05) is 18.4 Å². The molecule has 1 atom stereocenters. The van der Waals surface area contributed by atoms with Crippen LogP contribution in [0.5, 0.6) is 0 Å². The zero-order valence-corrected chi connectivity index (χ0v) is 18.5. The molecular weight excluding hydrogens is 436 g/mol. The van der Waals surface area contributed by atoms with Crippen LogP contribution >= 0.6 is 11.3 Å². The molecule has 1 aliphatic heterocycles. The van der Waals surface area contributed by atoms with Crippen molar-refractivity contribution in [3.05, 3.63) is 58.4 Å². The Balaban J connectivity index is 1.53. The first-order chi connectivity index (χ1) is 14.9. The molecule has 1 amide bonds. The second-order valence-corrected chi connectivity index (χ2v) is 10.1. The summed E-state index contributed by atoms with van der Waals surface area (Å²) >= 11 is 1.54. The Morgan fingerprint density at radius 1 is 1.32 bits per heavy atom. The van der Waals surface area contributed by atoms with Gasteiger partial charge in [0.1, 0.15) is 5.69 Å². The maximum atomic E-state index is 13.4. The number of nitrogens with zero attached hydrogens (tertiary/aromatic N) is 3. The van der Waals surface area contributed by atoms with E-state index in [1.54, 1.807) is 43.6 Å². The molecule has 1 aliphatic rings. The van der Waals surface area contributed by atoms with Gasteiger partial charge in [-0.1, -0.05) is 11.2 Å². The maximum Gasteiger partial charge on any atom is 0.248 e. The molecule has 3 aromatic rings. The average Bonchev–Trinajstić information content (AvgIpc) is 3.42. The van der Waals surface area contributed by atoms with Gasteiger partial charge >= 0.3 is 0 Å². The fraction of sp³-hybridized carbons (Fsp3) is 0.286. The molecule has 1 N–H and O–H groups in total. The molecular formula is C21H22N4O4S2. The minimum absolute atomic E-state index is 0.0497. The number of sulfonamides is 1. The van der Waals surface area contributed by atoms with Gasteiger partial charge in [-0.3, -0.25) is 9.78 Å². The lowest BCUT2D eigenvalue weighted by molar-refractivity contribution is -0.120. The predicted molar refractivity (Wildman–Crippen MR) is 119 cm³/mol. The summed E-state index contributed by atoms with van der Waals surface area (Å²) in [5, 5.41) is 8.62. The van der Waals surface area contributed by atoms with Crippen molar-refractivity contribution in [3.8, 4) is 0 Å². The molecule has 8 nitrogen and oxygen atoms in total. The normalized spacial score (nSPS) is 17.8. The first-order valence-corrected chi connectivity index (χ1v) is 12.2. The SMILES string of the molecule is Cc1noc(/C=C/c2cccs2)c1S(=O)(=O)N1CCC[C@H](C(=O)Nc2cccnc2)C1. The van der Waals surface area contributed by atoms with Gasteiger partial charge in [0, 0.05) is 24.2 Å². The molecule has 3 aromatic heterocycles. The fourth-order valence-electron chi connectivity index (χ4n) is 3.53. The molecule has 10 heteroatoms. The number of hydrogen-bond acceptors (Lipinski definition) is 7. The maximum absolute atomic E-state index is 13.4. The van der Waals surface area contributed by atoms with Gasteiger partial charge in [-0.15, -0.1) is 11.3 Å². The van der Waals surface area contributed by atoms with Gasteiger partial charge in [0.05, 0.1) is 17.8 Å². The smallest absolute Gasteiger partial charge is 0.248 e. The molecule has 4 rings (SSSR count). The molecule has 0 aliphatic carbocycles. The van der Waals surface area contributed by atoms with E-state index in [2.05, 4.69) is 15.5 Å². The summed E-state index contributed by atoms with van der Waals surface area (Å²) < 4.78 is 33.5. The van der Waals surface area contributed by atoms with Crippen LogP contribution in [0.1, 0.15) is 29.2 Å². The van der Waals surface area contributed by atoms with Crippen molar-refractivity contribution in [1.82, 2.24) is 14.4 Å². The summed E-state index contributed by atoms with van der Waals surface area (Å²) in [6.45, 7) is 2.06. The Morgan fingerprint density at radius 2 is 2.19 bits per heavy atom. The van der Waals surface area contributed by atoms with Gasteiger partial charge in [-0.05, 0) is 55.5 Å². The largest absolute Gasteiger partial charge is 0.355 e.